The standard InChI is InChI=1S/C31H43NO4/c1-21-11-14-27-22(2)28(34-29-19-30(3)16-15-26(21)31(27,29)36-35-30)18-24(32-17-7-10-25(32)20-33)13-12-23-8-5-4-6-9-23/h4-6,8-9,21-22,24-29,33H,7,10-11,14-20H2,1-3H3/t21-,22-,24-,25+,26+,27+,28-,29-,30+,31-/m1/s1. The minimum Gasteiger partial charge on any atom is -0.395 e. The van der Waals surface area contributed by atoms with E-state index >= 15 is 0 Å². The fraction of sp³-hybridized carbons (Fsp3) is 0.742. The average Bonchev–Trinajstić information content (AvgIpc) is 3.25. The van der Waals surface area contributed by atoms with E-state index < -0.39 is 0 Å². The number of hydrogen-bond donors (Lipinski definition) is 1. The summed E-state index contributed by atoms with van der Waals surface area (Å²) in [4.78, 5) is 15.1. The first kappa shape index (κ1) is 24.9. The molecular formula is C31H43NO4. The average molecular weight is 494 g/mol. The maximum Gasteiger partial charge on any atom is 0.136 e. The molecule has 2 saturated carbocycles. The van der Waals surface area contributed by atoms with E-state index in [1.807, 2.05) is 18.2 Å². The van der Waals surface area contributed by atoms with Gasteiger partial charge in [-0.2, -0.15) is 0 Å². The van der Waals surface area contributed by atoms with E-state index in [0.29, 0.717) is 23.7 Å². The van der Waals surface area contributed by atoms with Gasteiger partial charge in [0.25, 0.3) is 0 Å². The zero-order chi connectivity index (χ0) is 24.9. The topological polar surface area (TPSA) is 51.2 Å². The van der Waals surface area contributed by atoms with Crippen molar-refractivity contribution in [2.75, 3.05) is 13.2 Å². The second-order valence-electron chi connectivity index (χ2n) is 12.6. The third-order valence-corrected chi connectivity index (χ3v) is 10.5. The number of aliphatic hydroxyl groups is 1. The third kappa shape index (κ3) is 4.14. The summed E-state index contributed by atoms with van der Waals surface area (Å²) in [6.07, 6.45) is 8.81. The molecule has 1 N–H and O–H groups in total. The largest absolute Gasteiger partial charge is 0.395 e. The predicted molar refractivity (Wildman–Crippen MR) is 139 cm³/mol. The maximum atomic E-state index is 10.1. The lowest BCUT2D eigenvalue weighted by molar-refractivity contribution is -0.487. The highest BCUT2D eigenvalue weighted by Gasteiger charge is 2.68. The van der Waals surface area contributed by atoms with Gasteiger partial charge >= 0.3 is 0 Å². The van der Waals surface area contributed by atoms with Gasteiger partial charge in [0.2, 0.25) is 0 Å². The Balaban J connectivity index is 1.30. The van der Waals surface area contributed by atoms with Crippen LogP contribution in [0.4, 0.5) is 0 Å². The summed E-state index contributed by atoms with van der Waals surface area (Å²) in [5, 5.41) is 10.1. The molecule has 5 nitrogen and oxygen atoms in total. The molecule has 4 aliphatic heterocycles. The van der Waals surface area contributed by atoms with E-state index in [9.17, 15) is 5.11 Å². The lowest BCUT2D eigenvalue weighted by Gasteiger charge is -2.61. The molecule has 0 unspecified atom stereocenters. The van der Waals surface area contributed by atoms with Gasteiger partial charge in [-0.05, 0) is 87.8 Å². The van der Waals surface area contributed by atoms with E-state index in [1.54, 1.807) is 0 Å². The van der Waals surface area contributed by atoms with Crippen LogP contribution in [0.1, 0.15) is 77.7 Å². The van der Waals surface area contributed by atoms with Crippen LogP contribution in [-0.4, -0.2) is 58.7 Å². The number of benzene rings is 1. The molecular weight excluding hydrogens is 450 g/mol. The van der Waals surface area contributed by atoms with Crippen LogP contribution in [-0.2, 0) is 14.5 Å². The molecule has 7 rings (SSSR count). The summed E-state index contributed by atoms with van der Waals surface area (Å²) in [5.41, 5.74) is 0.477. The first-order chi connectivity index (χ1) is 17.4. The molecule has 10 atom stereocenters. The molecule has 36 heavy (non-hydrogen) atoms. The first-order valence-corrected chi connectivity index (χ1v) is 14.4. The van der Waals surface area contributed by atoms with Crippen molar-refractivity contribution in [3.05, 3.63) is 35.9 Å². The van der Waals surface area contributed by atoms with Gasteiger partial charge in [-0.3, -0.25) is 4.90 Å². The summed E-state index contributed by atoms with van der Waals surface area (Å²) in [6, 6.07) is 10.5. The van der Waals surface area contributed by atoms with E-state index in [-0.39, 0.29) is 42.1 Å². The van der Waals surface area contributed by atoms with Crippen LogP contribution < -0.4 is 0 Å². The van der Waals surface area contributed by atoms with Crippen molar-refractivity contribution in [3.8, 4) is 11.8 Å². The van der Waals surface area contributed by atoms with Crippen LogP contribution in [0.15, 0.2) is 30.3 Å². The van der Waals surface area contributed by atoms with Gasteiger partial charge in [-0.1, -0.05) is 43.9 Å². The van der Waals surface area contributed by atoms with Crippen LogP contribution in [0.25, 0.3) is 0 Å². The van der Waals surface area contributed by atoms with Crippen molar-refractivity contribution >= 4 is 0 Å². The molecule has 1 aromatic rings. The number of aliphatic hydroxyl groups excluding tert-OH is 1. The van der Waals surface area contributed by atoms with Crippen molar-refractivity contribution < 1.29 is 19.6 Å². The van der Waals surface area contributed by atoms with Gasteiger partial charge < -0.3 is 9.84 Å². The van der Waals surface area contributed by atoms with Crippen LogP contribution in [0.3, 0.4) is 0 Å². The highest BCUT2D eigenvalue weighted by atomic mass is 17.2. The molecule has 1 aromatic carbocycles. The number of hydrogen-bond acceptors (Lipinski definition) is 5. The number of rotatable bonds is 4. The molecule has 5 heteroatoms. The molecule has 2 aliphatic carbocycles. The van der Waals surface area contributed by atoms with E-state index in [4.69, 9.17) is 14.5 Å². The second kappa shape index (κ2) is 9.71. The van der Waals surface area contributed by atoms with Crippen LogP contribution >= 0.6 is 0 Å². The molecule has 0 radical (unpaired) electrons. The number of likely N-dealkylation sites (tertiary alicyclic amines) is 1. The monoisotopic (exact) mass is 493 g/mol. The van der Waals surface area contributed by atoms with Crippen molar-refractivity contribution in [2.24, 2.45) is 23.7 Å². The molecule has 6 fully saturated rings. The zero-order valence-corrected chi connectivity index (χ0v) is 22.2. The fourth-order valence-electron chi connectivity index (χ4n) is 8.46. The van der Waals surface area contributed by atoms with Gasteiger partial charge in [0.15, 0.2) is 0 Å². The Morgan fingerprint density at radius 2 is 1.92 bits per heavy atom. The lowest BCUT2D eigenvalue weighted by atomic mass is 9.55. The molecule has 0 aromatic heterocycles. The molecule has 6 aliphatic rings. The smallest absolute Gasteiger partial charge is 0.136 e. The fourth-order valence-corrected chi connectivity index (χ4v) is 8.46. The lowest BCUT2D eigenvalue weighted by Crippen LogP contribution is -2.69. The Morgan fingerprint density at radius 3 is 2.72 bits per heavy atom. The number of ether oxygens (including phenoxy) is 1. The molecule has 4 heterocycles. The summed E-state index contributed by atoms with van der Waals surface area (Å²) in [6.45, 7) is 8.18. The van der Waals surface area contributed by atoms with Crippen LogP contribution in [0, 0.1) is 35.5 Å². The van der Waals surface area contributed by atoms with Gasteiger partial charge in [-0.25, -0.2) is 9.78 Å². The Hall–Kier alpha value is -1.42. The van der Waals surface area contributed by atoms with Gasteiger partial charge in [0, 0.05) is 24.4 Å². The normalized spacial score (nSPS) is 44.8. The maximum absolute atomic E-state index is 10.1. The van der Waals surface area contributed by atoms with Gasteiger partial charge in [0.05, 0.1) is 24.9 Å². The summed E-state index contributed by atoms with van der Waals surface area (Å²) >= 11 is 0. The predicted octanol–water partition coefficient (Wildman–Crippen LogP) is 4.96. The van der Waals surface area contributed by atoms with Crippen molar-refractivity contribution in [2.45, 2.75) is 108 Å². The van der Waals surface area contributed by atoms with Gasteiger partial charge in [0.1, 0.15) is 11.2 Å². The van der Waals surface area contributed by atoms with Gasteiger partial charge in [-0.15, -0.1) is 0 Å². The van der Waals surface area contributed by atoms with E-state index in [0.717, 1.165) is 44.2 Å². The first-order valence-electron chi connectivity index (χ1n) is 14.4. The minimum atomic E-state index is -0.309. The van der Waals surface area contributed by atoms with E-state index in [2.05, 4.69) is 49.6 Å². The van der Waals surface area contributed by atoms with Crippen LogP contribution in [0.2, 0.25) is 0 Å². The third-order valence-electron chi connectivity index (χ3n) is 10.5. The SMILES string of the molecule is C[C@H]1[C@@H](C[C@@H](C#Cc2ccccc2)N2CCC[C@H]2CO)O[C@@H]2C[C@]3(C)CC[C@H]4[C@H](C)CC[C@@H]1[C@@]24OO3. The van der Waals surface area contributed by atoms with Crippen molar-refractivity contribution in [1.29, 1.82) is 0 Å². The molecule has 4 saturated heterocycles. The second-order valence-corrected chi connectivity index (χ2v) is 12.6. The summed E-state index contributed by atoms with van der Waals surface area (Å²) in [7, 11) is 0. The quantitative estimate of drug-likeness (QED) is 0.475. The highest BCUT2D eigenvalue weighted by molar-refractivity contribution is 5.35. The number of fused-ring (bicyclic) bond motifs is 2. The molecule has 1 spiro atoms. The molecule has 0 amide bonds. The summed E-state index contributed by atoms with van der Waals surface area (Å²) in [5.74, 6) is 9.03. The molecule has 196 valence electrons. The van der Waals surface area contributed by atoms with Crippen molar-refractivity contribution in [1.82, 2.24) is 4.90 Å². The molecule has 2 bridgehead atoms. The Morgan fingerprint density at radius 1 is 1.08 bits per heavy atom. The Kier molecular flexibility index (Phi) is 6.72. The summed E-state index contributed by atoms with van der Waals surface area (Å²) < 4.78 is 7.11. The van der Waals surface area contributed by atoms with Crippen LogP contribution in [0.5, 0.6) is 0 Å². The Bertz CT molecular complexity index is 989. The highest BCUT2D eigenvalue weighted by Crippen LogP contribution is 2.61. The zero-order valence-electron chi connectivity index (χ0n) is 22.2. The minimum absolute atomic E-state index is 0.0698. The number of nitrogens with zero attached hydrogens (tertiary/aromatic N) is 1. The Labute approximate surface area is 216 Å². The van der Waals surface area contributed by atoms with E-state index in [1.165, 1.54) is 19.3 Å². The van der Waals surface area contributed by atoms with Crippen molar-refractivity contribution in [3.63, 3.8) is 0 Å².